The van der Waals surface area contributed by atoms with Gasteiger partial charge in [-0.2, -0.15) is 4.31 Å². The molecule has 3 rings (SSSR count). The molecule has 2 heterocycles. The van der Waals surface area contributed by atoms with Gasteiger partial charge in [0.1, 0.15) is 4.90 Å². The number of sulfonamides is 1. The van der Waals surface area contributed by atoms with E-state index in [9.17, 15) is 21.6 Å². The molecule has 2 aromatic rings. The van der Waals surface area contributed by atoms with E-state index >= 15 is 4.39 Å². The number of benzene rings is 1. The van der Waals surface area contributed by atoms with Crippen LogP contribution in [0.1, 0.15) is 18.4 Å². The van der Waals surface area contributed by atoms with Crippen molar-refractivity contribution in [3.8, 4) is 17.0 Å². The molecule has 0 saturated carbocycles. The Bertz CT molecular complexity index is 1330. The van der Waals surface area contributed by atoms with Gasteiger partial charge in [0, 0.05) is 55.8 Å². The smallest absolute Gasteiger partial charge is 0.258 e. The molecule has 0 aliphatic carbocycles. The number of rotatable bonds is 8. The van der Waals surface area contributed by atoms with E-state index in [1.54, 1.807) is 18.2 Å². The highest BCUT2D eigenvalue weighted by atomic mass is 32.2. The minimum Gasteiger partial charge on any atom is -0.481 e. The van der Waals surface area contributed by atoms with Gasteiger partial charge < -0.3 is 10.1 Å². The number of carbonyl (C=O) groups excluding carboxylic acids is 1. The Morgan fingerprint density at radius 1 is 1.20 bits per heavy atom. The molecule has 1 aliphatic rings. The average Bonchev–Trinajstić information content (AvgIpc) is 2.81. The van der Waals surface area contributed by atoms with Gasteiger partial charge in [-0.3, -0.25) is 4.79 Å². The third kappa shape index (κ3) is 6.24. The normalized spacial score (nSPS) is 16.8. The fraction of sp³-hybridized carbons (Fsp3) is 0.391. The van der Waals surface area contributed by atoms with Crippen molar-refractivity contribution in [2.24, 2.45) is 0 Å². The van der Waals surface area contributed by atoms with Gasteiger partial charge in [-0.1, -0.05) is 30.3 Å². The summed E-state index contributed by atoms with van der Waals surface area (Å²) in [6.45, 7) is 1.30. The molecule has 0 spiro atoms. The Morgan fingerprint density at radius 2 is 1.86 bits per heavy atom. The second-order valence-electron chi connectivity index (χ2n) is 8.32. The summed E-state index contributed by atoms with van der Waals surface area (Å²) in [6, 6.07) is 8.86. The van der Waals surface area contributed by atoms with Crippen LogP contribution in [0.4, 0.5) is 4.39 Å². The standard InChI is InChI=1S/C23H28FN3O6S2/c1-17-7-4-5-8-18(17)19-15-21(33-2)26-16-20(19)35(31,32)27-12-9-23(24,10-13-27)22(28)25-11-6-14-34(3,29)30/h4-8,14-16H,9-13H2,1-3H3,(H,25,28)/b14-6+. The maximum absolute atomic E-state index is 15.3. The number of amides is 1. The molecule has 35 heavy (non-hydrogen) atoms. The number of piperidine rings is 1. The number of aromatic nitrogens is 1. The zero-order valence-corrected chi connectivity index (χ0v) is 21.3. The van der Waals surface area contributed by atoms with E-state index in [0.717, 1.165) is 21.5 Å². The molecule has 0 bridgehead atoms. The molecule has 1 amide bonds. The van der Waals surface area contributed by atoms with Crippen LogP contribution >= 0.6 is 0 Å². The SMILES string of the molecule is COc1cc(-c2ccccc2C)c(S(=O)(=O)N2CCC(F)(C(=O)NC/C=C/S(C)(=O)=O)CC2)cn1. The first-order chi connectivity index (χ1) is 16.4. The van der Waals surface area contributed by atoms with Crippen molar-refractivity contribution in [3.63, 3.8) is 0 Å². The Morgan fingerprint density at radius 3 is 2.46 bits per heavy atom. The molecule has 1 saturated heterocycles. The summed E-state index contributed by atoms with van der Waals surface area (Å²) in [5, 5.41) is 3.26. The summed E-state index contributed by atoms with van der Waals surface area (Å²) in [5.41, 5.74) is -0.282. The van der Waals surface area contributed by atoms with Crippen molar-refractivity contribution in [1.82, 2.24) is 14.6 Å². The highest BCUT2D eigenvalue weighted by Gasteiger charge is 2.44. The van der Waals surface area contributed by atoms with Gasteiger partial charge >= 0.3 is 0 Å². The molecule has 190 valence electrons. The minimum absolute atomic E-state index is 0.0330. The number of methoxy groups -OCH3 is 1. The topological polar surface area (TPSA) is 123 Å². The van der Waals surface area contributed by atoms with Crippen LogP contribution in [-0.4, -0.2) is 70.7 Å². The van der Waals surface area contributed by atoms with Gasteiger partial charge in [-0.05, 0) is 18.1 Å². The lowest BCUT2D eigenvalue weighted by Gasteiger charge is -2.34. The van der Waals surface area contributed by atoms with Crippen LogP contribution in [0.5, 0.6) is 5.88 Å². The van der Waals surface area contributed by atoms with E-state index < -0.39 is 31.4 Å². The molecular weight excluding hydrogens is 497 g/mol. The number of pyridine rings is 1. The van der Waals surface area contributed by atoms with E-state index in [4.69, 9.17) is 4.74 Å². The predicted molar refractivity (Wildman–Crippen MR) is 130 cm³/mol. The molecule has 0 atom stereocenters. The fourth-order valence-corrected chi connectivity index (χ4v) is 5.83. The number of ether oxygens (including phenoxy) is 1. The van der Waals surface area contributed by atoms with Gasteiger partial charge in [0.05, 0.1) is 13.3 Å². The first kappa shape index (κ1) is 26.8. The number of hydrogen-bond acceptors (Lipinski definition) is 7. The lowest BCUT2D eigenvalue weighted by molar-refractivity contribution is -0.135. The van der Waals surface area contributed by atoms with Crippen LogP contribution in [-0.2, 0) is 24.7 Å². The van der Waals surface area contributed by atoms with Crippen molar-refractivity contribution >= 4 is 25.8 Å². The fourth-order valence-electron chi connectivity index (χ4n) is 3.81. The number of alkyl halides is 1. The molecule has 9 nitrogen and oxygen atoms in total. The molecular formula is C23H28FN3O6S2. The van der Waals surface area contributed by atoms with E-state index in [2.05, 4.69) is 10.3 Å². The summed E-state index contributed by atoms with van der Waals surface area (Å²) < 4.78 is 70.9. The van der Waals surface area contributed by atoms with Gasteiger partial charge in [0.25, 0.3) is 5.91 Å². The van der Waals surface area contributed by atoms with E-state index in [0.29, 0.717) is 11.1 Å². The summed E-state index contributed by atoms with van der Waals surface area (Å²) in [5.74, 6) is -0.648. The van der Waals surface area contributed by atoms with Crippen molar-refractivity contribution in [1.29, 1.82) is 0 Å². The second-order valence-corrected chi connectivity index (χ2v) is 12.2. The highest BCUT2D eigenvalue weighted by Crippen LogP contribution is 2.36. The quantitative estimate of drug-likeness (QED) is 0.561. The number of sulfone groups is 1. The molecule has 0 radical (unpaired) electrons. The molecule has 1 N–H and O–H groups in total. The van der Waals surface area contributed by atoms with Crippen molar-refractivity contribution < 1.29 is 30.8 Å². The maximum Gasteiger partial charge on any atom is 0.258 e. The van der Waals surface area contributed by atoms with Crippen molar-refractivity contribution in [3.05, 3.63) is 53.6 Å². The lowest BCUT2D eigenvalue weighted by atomic mass is 9.93. The van der Waals surface area contributed by atoms with Gasteiger partial charge in [-0.25, -0.2) is 26.2 Å². The van der Waals surface area contributed by atoms with Crippen LogP contribution in [0.2, 0.25) is 0 Å². The molecule has 0 unspecified atom stereocenters. The third-order valence-corrected chi connectivity index (χ3v) is 8.36. The van der Waals surface area contributed by atoms with Crippen LogP contribution in [0.15, 0.2) is 52.9 Å². The average molecular weight is 526 g/mol. The highest BCUT2D eigenvalue weighted by molar-refractivity contribution is 7.93. The van der Waals surface area contributed by atoms with E-state index in [-0.39, 0.29) is 43.3 Å². The molecule has 1 aromatic carbocycles. The predicted octanol–water partition coefficient (Wildman–Crippen LogP) is 2.23. The summed E-state index contributed by atoms with van der Waals surface area (Å²) in [6.07, 6.45) is 2.77. The van der Waals surface area contributed by atoms with Crippen LogP contribution in [0.3, 0.4) is 0 Å². The Labute approximate surface area is 205 Å². The Balaban J connectivity index is 1.80. The van der Waals surface area contributed by atoms with Crippen LogP contribution in [0, 0.1) is 6.92 Å². The first-order valence-corrected chi connectivity index (χ1v) is 14.2. The number of nitrogens with zero attached hydrogens (tertiary/aromatic N) is 2. The molecule has 1 fully saturated rings. The molecule has 12 heteroatoms. The zero-order chi connectivity index (χ0) is 25.9. The van der Waals surface area contributed by atoms with Crippen LogP contribution < -0.4 is 10.1 Å². The zero-order valence-electron chi connectivity index (χ0n) is 19.7. The maximum atomic E-state index is 15.3. The van der Waals surface area contributed by atoms with Gasteiger partial charge in [0.15, 0.2) is 15.5 Å². The minimum atomic E-state index is -4.06. The Hall–Kier alpha value is -2.83. The first-order valence-electron chi connectivity index (χ1n) is 10.8. The van der Waals surface area contributed by atoms with E-state index in [1.165, 1.54) is 19.4 Å². The van der Waals surface area contributed by atoms with Crippen molar-refractivity contribution in [2.45, 2.75) is 30.3 Å². The molecule has 1 aromatic heterocycles. The summed E-state index contributed by atoms with van der Waals surface area (Å²) in [4.78, 5) is 16.4. The summed E-state index contributed by atoms with van der Waals surface area (Å²) >= 11 is 0. The number of halogens is 1. The number of hydrogen-bond donors (Lipinski definition) is 1. The largest absolute Gasteiger partial charge is 0.481 e. The molecule has 1 aliphatic heterocycles. The number of aryl methyl sites for hydroxylation is 1. The van der Waals surface area contributed by atoms with Gasteiger partial charge in [0.2, 0.25) is 15.9 Å². The summed E-state index contributed by atoms with van der Waals surface area (Å²) in [7, 11) is -5.98. The lowest BCUT2D eigenvalue weighted by Crippen LogP contribution is -2.52. The van der Waals surface area contributed by atoms with Crippen LogP contribution in [0.25, 0.3) is 11.1 Å². The van der Waals surface area contributed by atoms with Gasteiger partial charge in [-0.15, -0.1) is 0 Å². The van der Waals surface area contributed by atoms with E-state index in [1.807, 2.05) is 19.1 Å². The monoisotopic (exact) mass is 525 g/mol. The Kier molecular flexibility index (Phi) is 7.97. The number of nitrogens with one attached hydrogen (secondary N) is 1. The second kappa shape index (κ2) is 10.4. The third-order valence-electron chi connectivity index (χ3n) is 5.75. The van der Waals surface area contributed by atoms with Crippen molar-refractivity contribution in [2.75, 3.05) is 33.0 Å². The number of carbonyl (C=O) groups is 1.